The Morgan fingerprint density at radius 3 is 2.94 bits per heavy atom. The first-order valence-electron chi connectivity index (χ1n) is 6.55. The van der Waals surface area contributed by atoms with E-state index in [0.29, 0.717) is 36.5 Å². The minimum atomic E-state index is 0.352. The van der Waals surface area contributed by atoms with Crippen molar-refractivity contribution in [2.75, 3.05) is 18.5 Å². The van der Waals surface area contributed by atoms with E-state index in [0.717, 1.165) is 19.6 Å². The monoisotopic (exact) mass is 254 g/mol. The minimum absolute atomic E-state index is 0.352. The Bertz CT molecular complexity index is 367. The van der Waals surface area contributed by atoms with E-state index in [9.17, 15) is 0 Å². The molecule has 1 aromatic heterocycles. The molecule has 2 rings (SSSR count). The van der Waals surface area contributed by atoms with Crippen molar-refractivity contribution in [2.24, 2.45) is 5.92 Å². The van der Waals surface area contributed by atoms with Gasteiger partial charge in [0.1, 0.15) is 0 Å². The van der Waals surface area contributed by atoms with Gasteiger partial charge >= 0.3 is 6.01 Å². The van der Waals surface area contributed by atoms with Gasteiger partial charge in [-0.2, -0.15) is 0 Å². The van der Waals surface area contributed by atoms with Gasteiger partial charge in [-0.25, -0.2) is 0 Å². The standard InChI is InChI=1S/C12H22N4O2/c1-8(2)13-6-11-15-16-12(18-11)14-10-4-5-17-7-9(10)3/h8-10,13H,4-7H2,1-3H3,(H,14,16). The molecular weight excluding hydrogens is 232 g/mol. The summed E-state index contributed by atoms with van der Waals surface area (Å²) in [6, 6.07) is 1.27. The van der Waals surface area contributed by atoms with Crippen LogP contribution in [0.4, 0.5) is 6.01 Å². The third kappa shape index (κ3) is 3.68. The predicted molar refractivity (Wildman–Crippen MR) is 68.3 cm³/mol. The first-order chi connectivity index (χ1) is 8.65. The third-order valence-corrected chi connectivity index (χ3v) is 3.08. The Morgan fingerprint density at radius 1 is 1.39 bits per heavy atom. The van der Waals surface area contributed by atoms with Gasteiger partial charge in [0.2, 0.25) is 5.89 Å². The molecule has 6 nitrogen and oxygen atoms in total. The van der Waals surface area contributed by atoms with Gasteiger partial charge in [-0.15, -0.1) is 5.10 Å². The zero-order valence-electron chi connectivity index (χ0n) is 11.3. The van der Waals surface area contributed by atoms with E-state index in [1.807, 2.05) is 0 Å². The fraction of sp³-hybridized carbons (Fsp3) is 0.833. The van der Waals surface area contributed by atoms with E-state index < -0.39 is 0 Å². The van der Waals surface area contributed by atoms with Crippen molar-refractivity contribution in [1.82, 2.24) is 15.5 Å². The molecule has 1 aromatic rings. The van der Waals surface area contributed by atoms with Crippen LogP contribution in [0.2, 0.25) is 0 Å². The molecule has 1 saturated heterocycles. The van der Waals surface area contributed by atoms with Crippen LogP contribution in [0.15, 0.2) is 4.42 Å². The van der Waals surface area contributed by atoms with Crippen molar-refractivity contribution in [1.29, 1.82) is 0 Å². The van der Waals surface area contributed by atoms with Crippen LogP contribution in [0.3, 0.4) is 0 Å². The third-order valence-electron chi connectivity index (χ3n) is 3.08. The molecule has 2 unspecified atom stereocenters. The second-order valence-electron chi connectivity index (χ2n) is 5.13. The molecule has 0 aromatic carbocycles. The lowest BCUT2D eigenvalue weighted by molar-refractivity contribution is 0.0532. The smallest absolute Gasteiger partial charge is 0.315 e. The fourth-order valence-electron chi connectivity index (χ4n) is 1.93. The highest BCUT2D eigenvalue weighted by Crippen LogP contribution is 2.18. The molecule has 2 atom stereocenters. The van der Waals surface area contributed by atoms with Crippen molar-refractivity contribution < 1.29 is 9.15 Å². The fourth-order valence-corrected chi connectivity index (χ4v) is 1.93. The lowest BCUT2D eigenvalue weighted by Gasteiger charge is -2.28. The molecule has 0 radical (unpaired) electrons. The van der Waals surface area contributed by atoms with Crippen LogP contribution >= 0.6 is 0 Å². The maximum absolute atomic E-state index is 5.55. The molecule has 0 amide bonds. The van der Waals surface area contributed by atoms with E-state index in [1.54, 1.807) is 0 Å². The molecule has 6 heteroatoms. The van der Waals surface area contributed by atoms with Crippen molar-refractivity contribution in [3.63, 3.8) is 0 Å². The van der Waals surface area contributed by atoms with Gasteiger partial charge in [0.15, 0.2) is 0 Å². The van der Waals surface area contributed by atoms with Gasteiger partial charge in [0, 0.05) is 18.7 Å². The van der Waals surface area contributed by atoms with Gasteiger partial charge < -0.3 is 19.8 Å². The van der Waals surface area contributed by atoms with Crippen molar-refractivity contribution in [3.05, 3.63) is 5.89 Å². The Morgan fingerprint density at radius 2 is 2.22 bits per heavy atom. The minimum Gasteiger partial charge on any atom is -0.407 e. The van der Waals surface area contributed by atoms with Crippen LogP contribution in [0.5, 0.6) is 0 Å². The first-order valence-corrected chi connectivity index (χ1v) is 6.55. The highest BCUT2D eigenvalue weighted by atomic mass is 16.5. The second-order valence-corrected chi connectivity index (χ2v) is 5.13. The quantitative estimate of drug-likeness (QED) is 0.827. The van der Waals surface area contributed by atoms with E-state index in [2.05, 4.69) is 41.6 Å². The number of hydrogen-bond donors (Lipinski definition) is 2. The molecule has 2 heterocycles. The molecule has 0 bridgehead atoms. The number of nitrogens with one attached hydrogen (secondary N) is 2. The number of aromatic nitrogens is 2. The zero-order chi connectivity index (χ0) is 13.0. The van der Waals surface area contributed by atoms with E-state index >= 15 is 0 Å². The van der Waals surface area contributed by atoms with Gasteiger partial charge in [0.05, 0.1) is 13.2 Å². The summed E-state index contributed by atoms with van der Waals surface area (Å²) < 4.78 is 11.0. The maximum Gasteiger partial charge on any atom is 0.315 e. The molecular formula is C12H22N4O2. The summed E-state index contributed by atoms with van der Waals surface area (Å²) in [5.41, 5.74) is 0. The molecule has 0 spiro atoms. The summed E-state index contributed by atoms with van der Waals surface area (Å²) in [7, 11) is 0. The SMILES string of the molecule is CC(C)NCc1nnc(NC2CCOCC2C)o1. The number of nitrogens with zero attached hydrogens (tertiary/aromatic N) is 2. The van der Waals surface area contributed by atoms with E-state index in [4.69, 9.17) is 9.15 Å². The van der Waals surface area contributed by atoms with Gasteiger partial charge in [-0.1, -0.05) is 25.9 Å². The molecule has 1 fully saturated rings. The van der Waals surface area contributed by atoms with Gasteiger partial charge in [-0.05, 0) is 12.3 Å². The molecule has 102 valence electrons. The lowest BCUT2D eigenvalue weighted by Crippen LogP contribution is -2.36. The molecule has 18 heavy (non-hydrogen) atoms. The predicted octanol–water partition coefficient (Wildman–Crippen LogP) is 1.40. The van der Waals surface area contributed by atoms with Crippen molar-refractivity contribution in [2.45, 2.75) is 45.8 Å². The Hall–Kier alpha value is -1.14. The number of ether oxygens (including phenoxy) is 1. The summed E-state index contributed by atoms with van der Waals surface area (Å²) >= 11 is 0. The topological polar surface area (TPSA) is 72.2 Å². The summed E-state index contributed by atoms with van der Waals surface area (Å²) in [6.45, 7) is 8.51. The molecule has 2 N–H and O–H groups in total. The number of rotatable bonds is 5. The Labute approximate surface area is 107 Å². The van der Waals surface area contributed by atoms with Crippen LogP contribution in [0, 0.1) is 5.92 Å². The Balaban J connectivity index is 1.85. The average Bonchev–Trinajstić information content (AvgIpc) is 2.77. The number of hydrogen-bond acceptors (Lipinski definition) is 6. The van der Waals surface area contributed by atoms with E-state index in [1.165, 1.54) is 0 Å². The summed E-state index contributed by atoms with van der Waals surface area (Å²) in [4.78, 5) is 0. The molecule has 0 saturated carbocycles. The maximum atomic E-state index is 5.55. The largest absolute Gasteiger partial charge is 0.407 e. The zero-order valence-corrected chi connectivity index (χ0v) is 11.3. The molecule has 1 aliphatic rings. The second kappa shape index (κ2) is 6.15. The average molecular weight is 254 g/mol. The highest BCUT2D eigenvalue weighted by molar-refractivity contribution is 5.20. The van der Waals surface area contributed by atoms with Gasteiger partial charge in [0.25, 0.3) is 0 Å². The summed E-state index contributed by atoms with van der Waals surface area (Å²) in [5, 5.41) is 14.6. The highest BCUT2D eigenvalue weighted by Gasteiger charge is 2.23. The van der Waals surface area contributed by atoms with Crippen molar-refractivity contribution in [3.8, 4) is 0 Å². The number of anilines is 1. The normalized spacial score (nSPS) is 24.4. The lowest BCUT2D eigenvalue weighted by atomic mass is 9.98. The Kier molecular flexibility index (Phi) is 4.54. The van der Waals surface area contributed by atoms with Crippen LogP contribution < -0.4 is 10.6 Å². The van der Waals surface area contributed by atoms with E-state index in [-0.39, 0.29) is 0 Å². The first kappa shape index (κ1) is 13.3. The van der Waals surface area contributed by atoms with Crippen LogP contribution in [0.1, 0.15) is 33.1 Å². The molecule has 0 aliphatic carbocycles. The molecule has 1 aliphatic heterocycles. The van der Waals surface area contributed by atoms with Crippen LogP contribution in [-0.2, 0) is 11.3 Å². The van der Waals surface area contributed by atoms with Crippen molar-refractivity contribution >= 4 is 6.01 Å². The summed E-state index contributed by atoms with van der Waals surface area (Å²) in [6.07, 6.45) is 0.975. The van der Waals surface area contributed by atoms with Gasteiger partial charge in [-0.3, -0.25) is 0 Å². The van der Waals surface area contributed by atoms with Crippen LogP contribution in [-0.4, -0.2) is 35.5 Å². The summed E-state index contributed by atoms with van der Waals surface area (Å²) in [5.74, 6) is 1.08. The van der Waals surface area contributed by atoms with Crippen LogP contribution in [0.25, 0.3) is 0 Å².